The third-order valence-electron chi connectivity index (χ3n) is 5.30. The number of halogens is 4. The van der Waals surface area contributed by atoms with Crippen LogP contribution in [-0.2, 0) is 6.18 Å². The third-order valence-corrected chi connectivity index (χ3v) is 5.62. The van der Waals surface area contributed by atoms with Gasteiger partial charge in [-0.2, -0.15) is 13.2 Å². The lowest BCUT2D eigenvalue weighted by Gasteiger charge is -2.39. The third kappa shape index (κ3) is 2.88. The monoisotopic (exact) mass is 393 g/mol. The highest BCUT2D eigenvalue weighted by Gasteiger charge is 2.45. The number of anilines is 1. The molecule has 2 aliphatic rings. The van der Waals surface area contributed by atoms with E-state index in [1.54, 1.807) is 24.3 Å². The molecule has 4 rings (SSSR count). The van der Waals surface area contributed by atoms with E-state index in [1.165, 1.54) is 12.1 Å². The van der Waals surface area contributed by atoms with Crippen LogP contribution in [0, 0.1) is 5.92 Å². The topological polar surface area (TPSA) is 49.3 Å². The minimum atomic E-state index is -4.50. The van der Waals surface area contributed by atoms with Crippen LogP contribution in [-0.4, -0.2) is 11.1 Å². The van der Waals surface area contributed by atoms with Gasteiger partial charge in [0.05, 0.1) is 27.9 Å². The molecule has 0 radical (unpaired) electrons. The lowest BCUT2D eigenvalue weighted by Crippen LogP contribution is -2.32. The van der Waals surface area contributed by atoms with Gasteiger partial charge in [-0.05, 0) is 41.7 Å². The number of fused-ring (bicyclic) bond motifs is 3. The van der Waals surface area contributed by atoms with E-state index in [1.807, 2.05) is 6.08 Å². The number of alkyl halides is 3. The normalized spacial score (nSPS) is 23.5. The minimum absolute atomic E-state index is 0.132. The Kier molecular flexibility index (Phi) is 4.18. The largest absolute Gasteiger partial charge is 0.478 e. The highest BCUT2D eigenvalue weighted by Crippen LogP contribution is 2.55. The molecule has 0 fully saturated rings. The maximum atomic E-state index is 13.6. The van der Waals surface area contributed by atoms with E-state index < -0.39 is 29.7 Å². The molecular formula is C20H15ClF3NO2. The second kappa shape index (κ2) is 6.30. The molecule has 1 aliphatic carbocycles. The van der Waals surface area contributed by atoms with Crippen LogP contribution in [0.4, 0.5) is 18.9 Å². The SMILES string of the molecule is O=C(O)c1ccccc1[C@@H]1Nc2c(Cl)ccc(C(F)(F)F)c2[C@@H]2C=CC[C@H]21. The first-order valence-corrected chi connectivity index (χ1v) is 8.82. The van der Waals surface area contributed by atoms with Crippen LogP contribution < -0.4 is 5.32 Å². The molecule has 3 atom stereocenters. The van der Waals surface area contributed by atoms with Gasteiger partial charge < -0.3 is 10.4 Å². The van der Waals surface area contributed by atoms with Crippen molar-refractivity contribution in [1.82, 2.24) is 0 Å². The second-order valence-corrected chi connectivity index (χ2v) is 7.16. The molecule has 140 valence electrons. The number of carboxylic acids is 1. The number of allylic oxidation sites excluding steroid dienone is 2. The summed E-state index contributed by atoms with van der Waals surface area (Å²) in [6.45, 7) is 0. The number of benzene rings is 2. The Hall–Kier alpha value is -2.47. The fourth-order valence-corrected chi connectivity index (χ4v) is 4.41. The molecule has 0 unspecified atom stereocenters. The summed E-state index contributed by atoms with van der Waals surface area (Å²) in [5.74, 6) is -1.78. The van der Waals surface area contributed by atoms with Crippen molar-refractivity contribution in [2.24, 2.45) is 5.92 Å². The molecule has 1 aliphatic heterocycles. The first-order chi connectivity index (χ1) is 12.8. The van der Waals surface area contributed by atoms with Crippen LogP contribution in [0.5, 0.6) is 0 Å². The molecule has 27 heavy (non-hydrogen) atoms. The molecule has 2 N–H and O–H groups in total. The van der Waals surface area contributed by atoms with Crippen LogP contribution in [0.3, 0.4) is 0 Å². The van der Waals surface area contributed by atoms with Crippen LogP contribution >= 0.6 is 11.6 Å². The summed E-state index contributed by atoms with van der Waals surface area (Å²) in [4.78, 5) is 11.6. The molecule has 0 bridgehead atoms. The van der Waals surface area contributed by atoms with Crippen LogP contribution in [0.1, 0.15) is 45.4 Å². The van der Waals surface area contributed by atoms with Gasteiger partial charge in [-0.15, -0.1) is 0 Å². The van der Waals surface area contributed by atoms with Crippen molar-refractivity contribution in [3.05, 3.63) is 75.8 Å². The van der Waals surface area contributed by atoms with Crippen molar-refractivity contribution in [2.45, 2.75) is 24.6 Å². The van der Waals surface area contributed by atoms with E-state index in [0.29, 0.717) is 12.0 Å². The van der Waals surface area contributed by atoms with Crippen molar-refractivity contribution in [1.29, 1.82) is 0 Å². The number of rotatable bonds is 2. The summed E-state index contributed by atoms with van der Waals surface area (Å²) in [5.41, 5.74) is 0.332. The highest BCUT2D eigenvalue weighted by molar-refractivity contribution is 6.33. The Labute approximate surface area is 158 Å². The van der Waals surface area contributed by atoms with Crippen LogP contribution in [0.2, 0.25) is 5.02 Å². The fraction of sp³-hybridized carbons (Fsp3) is 0.250. The summed E-state index contributed by atoms with van der Waals surface area (Å²) in [7, 11) is 0. The van der Waals surface area contributed by atoms with Crippen molar-refractivity contribution in [3.63, 3.8) is 0 Å². The molecule has 0 aromatic heterocycles. The van der Waals surface area contributed by atoms with Gasteiger partial charge >= 0.3 is 12.1 Å². The number of aromatic carboxylic acids is 1. The Morgan fingerprint density at radius 2 is 1.93 bits per heavy atom. The highest BCUT2D eigenvalue weighted by atomic mass is 35.5. The zero-order valence-electron chi connectivity index (χ0n) is 13.9. The number of hydrogen-bond donors (Lipinski definition) is 2. The van der Waals surface area contributed by atoms with E-state index in [9.17, 15) is 23.1 Å². The Bertz CT molecular complexity index is 955. The number of hydrogen-bond acceptors (Lipinski definition) is 2. The van der Waals surface area contributed by atoms with Crippen molar-refractivity contribution >= 4 is 23.3 Å². The number of carboxylic acid groups (broad SMARTS) is 1. The Balaban J connectivity index is 1.91. The van der Waals surface area contributed by atoms with Gasteiger partial charge in [0.25, 0.3) is 0 Å². The van der Waals surface area contributed by atoms with E-state index in [4.69, 9.17) is 11.6 Å². The van der Waals surface area contributed by atoms with E-state index in [2.05, 4.69) is 5.32 Å². The first kappa shape index (κ1) is 17.9. The standard InChI is InChI=1S/C20H15ClF3NO2/c21-15-9-8-14(20(22,23)24)16-10-6-3-7-11(10)17(25-18(15)16)12-4-1-2-5-13(12)19(26)27/h1-6,8-11,17,25H,7H2,(H,26,27)/t10-,11-,17-/m1/s1. The predicted octanol–water partition coefficient (Wildman–Crippen LogP) is 5.88. The summed E-state index contributed by atoms with van der Waals surface area (Å²) in [5, 5.41) is 12.8. The maximum absolute atomic E-state index is 13.6. The summed E-state index contributed by atoms with van der Waals surface area (Å²) in [6.07, 6.45) is -0.321. The van der Waals surface area contributed by atoms with Gasteiger partial charge in [-0.1, -0.05) is 42.0 Å². The number of nitrogens with one attached hydrogen (secondary N) is 1. The quantitative estimate of drug-likeness (QED) is 0.626. The lowest BCUT2D eigenvalue weighted by molar-refractivity contribution is -0.138. The average Bonchev–Trinajstić information content (AvgIpc) is 3.10. The summed E-state index contributed by atoms with van der Waals surface area (Å²) in [6, 6.07) is 8.34. The molecule has 7 heteroatoms. The van der Waals surface area contributed by atoms with Crippen molar-refractivity contribution in [2.75, 3.05) is 5.32 Å². The second-order valence-electron chi connectivity index (χ2n) is 6.75. The Morgan fingerprint density at radius 3 is 2.63 bits per heavy atom. The van der Waals surface area contributed by atoms with Gasteiger partial charge in [0.1, 0.15) is 0 Å². The molecule has 1 heterocycles. The van der Waals surface area contributed by atoms with Gasteiger partial charge in [-0.3, -0.25) is 0 Å². The molecule has 2 aromatic carbocycles. The minimum Gasteiger partial charge on any atom is -0.478 e. The van der Waals surface area contributed by atoms with Gasteiger partial charge in [-0.25, -0.2) is 4.79 Å². The Morgan fingerprint density at radius 1 is 1.19 bits per heavy atom. The fourth-order valence-electron chi connectivity index (χ4n) is 4.19. The van der Waals surface area contributed by atoms with Gasteiger partial charge in [0.2, 0.25) is 0 Å². The molecule has 3 nitrogen and oxygen atoms in total. The number of carbonyl (C=O) groups is 1. The van der Waals surface area contributed by atoms with E-state index in [0.717, 1.165) is 6.07 Å². The molecule has 0 saturated carbocycles. The summed E-state index contributed by atoms with van der Waals surface area (Å²) >= 11 is 6.24. The smallest absolute Gasteiger partial charge is 0.416 e. The lowest BCUT2D eigenvalue weighted by atomic mass is 9.74. The van der Waals surface area contributed by atoms with E-state index >= 15 is 0 Å². The van der Waals surface area contributed by atoms with Gasteiger partial charge in [0, 0.05) is 5.92 Å². The van der Waals surface area contributed by atoms with E-state index in [-0.39, 0.29) is 27.8 Å². The maximum Gasteiger partial charge on any atom is 0.416 e. The molecule has 2 aromatic rings. The molecule has 0 amide bonds. The molecule has 0 spiro atoms. The predicted molar refractivity (Wildman–Crippen MR) is 96.2 cm³/mol. The first-order valence-electron chi connectivity index (χ1n) is 8.44. The molecule has 0 saturated heterocycles. The average molecular weight is 394 g/mol. The zero-order valence-corrected chi connectivity index (χ0v) is 14.7. The van der Waals surface area contributed by atoms with Crippen molar-refractivity contribution < 1.29 is 23.1 Å². The van der Waals surface area contributed by atoms with Gasteiger partial charge in [0.15, 0.2) is 0 Å². The molecular weight excluding hydrogens is 379 g/mol. The van der Waals surface area contributed by atoms with Crippen molar-refractivity contribution in [3.8, 4) is 0 Å². The zero-order chi connectivity index (χ0) is 19.3. The van der Waals surface area contributed by atoms with Crippen LogP contribution in [0.15, 0.2) is 48.6 Å². The van der Waals surface area contributed by atoms with Crippen LogP contribution in [0.25, 0.3) is 0 Å². The summed E-state index contributed by atoms with van der Waals surface area (Å²) < 4.78 is 40.7.